The largest absolute Gasteiger partial charge is 0.467 e. The first kappa shape index (κ1) is 21.1. The normalized spacial score (nSPS) is 16.0. The first-order chi connectivity index (χ1) is 15.5. The summed E-state index contributed by atoms with van der Waals surface area (Å²) in [6.45, 7) is 2.04. The van der Waals surface area contributed by atoms with Crippen LogP contribution in [-0.4, -0.2) is 37.0 Å². The van der Waals surface area contributed by atoms with Crippen LogP contribution in [0.5, 0.6) is 0 Å². The molecule has 1 amide bonds. The number of carbonyl (C=O) groups is 1. The predicted octanol–water partition coefficient (Wildman–Crippen LogP) is 5.41. The van der Waals surface area contributed by atoms with E-state index in [0.717, 1.165) is 11.3 Å². The van der Waals surface area contributed by atoms with E-state index in [-0.39, 0.29) is 17.7 Å². The number of rotatable bonds is 5. The molecule has 1 atom stereocenters. The third-order valence-electron chi connectivity index (χ3n) is 5.14. The number of hydrazone groups is 1. The number of aromatic nitrogens is 3. The number of nitrogens with zero attached hydrogens (tertiary/aromatic N) is 5. The molecule has 0 radical (unpaired) electrons. The van der Waals surface area contributed by atoms with Crippen LogP contribution in [-0.2, 0) is 4.79 Å². The SMILES string of the molecule is Cc1ccc(C2=NN(C(=O)CSc3nnc4c(Cl)cc(Cl)cn34)C(c3ccco3)C2)cc1. The fourth-order valence-corrected chi connectivity index (χ4v) is 4.83. The minimum Gasteiger partial charge on any atom is -0.467 e. The highest BCUT2D eigenvalue weighted by molar-refractivity contribution is 7.99. The average molecular weight is 486 g/mol. The number of halogens is 2. The maximum absolute atomic E-state index is 13.2. The summed E-state index contributed by atoms with van der Waals surface area (Å²) < 4.78 is 7.28. The standard InChI is InChI=1S/C22H17Cl2N5O2S/c1-13-4-6-14(7-5-13)17-10-18(19-3-2-8-31-19)29(27-17)20(30)12-32-22-26-25-21-16(24)9-15(23)11-28(21)22/h2-9,11,18H,10,12H2,1H3. The lowest BCUT2D eigenvalue weighted by molar-refractivity contribution is -0.130. The van der Waals surface area contributed by atoms with Crippen LogP contribution in [0, 0.1) is 6.92 Å². The molecular weight excluding hydrogens is 469 g/mol. The van der Waals surface area contributed by atoms with E-state index in [1.54, 1.807) is 22.9 Å². The Morgan fingerprint density at radius 1 is 1.22 bits per heavy atom. The molecular formula is C22H17Cl2N5O2S. The van der Waals surface area contributed by atoms with Gasteiger partial charge in [-0.05, 0) is 30.7 Å². The zero-order valence-corrected chi connectivity index (χ0v) is 19.2. The van der Waals surface area contributed by atoms with Crippen molar-refractivity contribution in [2.75, 3.05) is 5.75 Å². The van der Waals surface area contributed by atoms with E-state index in [1.165, 1.54) is 22.3 Å². The minimum atomic E-state index is -0.298. The van der Waals surface area contributed by atoms with Crippen LogP contribution in [0.1, 0.15) is 29.3 Å². The van der Waals surface area contributed by atoms with Crippen LogP contribution in [0.3, 0.4) is 0 Å². The number of pyridine rings is 1. The lowest BCUT2D eigenvalue weighted by Gasteiger charge is -2.19. The second-order valence-electron chi connectivity index (χ2n) is 7.36. The van der Waals surface area contributed by atoms with E-state index in [1.807, 2.05) is 43.3 Å². The Kier molecular flexibility index (Phi) is 5.67. The zero-order valence-electron chi connectivity index (χ0n) is 16.9. The molecule has 0 saturated carbocycles. The summed E-state index contributed by atoms with van der Waals surface area (Å²) >= 11 is 13.5. The van der Waals surface area contributed by atoms with Crippen molar-refractivity contribution in [3.05, 3.63) is 81.9 Å². The smallest absolute Gasteiger partial charge is 0.253 e. The Labute approximate surface area is 198 Å². The lowest BCUT2D eigenvalue weighted by atomic mass is 10.0. The number of benzene rings is 1. The van der Waals surface area contributed by atoms with E-state index >= 15 is 0 Å². The molecule has 0 aliphatic carbocycles. The van der Waals surface area contributed by atoms with Gasteiger partial charge in [0.2, 0.25) is 0 Å². The number of hydrogen-bond acceptors (Lipinski definition) is 6. The maximum Gasteiger partial charge on any atom is 0.253 e. The number of carbonyl (C=O) groups excluding carboxylic acids is 1. The van der Waals surface area contributed by atoms with Gasteiger partial charge in [-0.1, -0.05) is 64.8 Å². The van der Waals surface area contributed by atoms with Gasteiger partial charge in [0.05, 0.1) is 27.8 Å². The van der Waals surface area contributed by atoms with Gasteiger partial charge in [0, 0.05) is 12.6 Å². The van der Waals surface area contributed by atoms with E-state index < -0.39 is 0 Å². The molecule has 1 aliphatic heterocycles. The number of thioether (sulfide) groups is 1. The Morgan fingerprint density at radius 3 is 2.78 bits per heavy atom. The molecule has 32 heavy (non-hydrogen) atoms. The van der Waals surface area contributed by atoms with Gasteiger partial charge < -0.3 is 4.42 Å². The molecule has 5 rings (SSSR count). The number of fused-ring (bicyclic) bond motifs is 1. The molecule has 0 bridgehead atoms. The summed E-state index contributed by atoms with van der Waals surface area (Å²) in [7, 11) is 0. The van der Waals surface area contributed by atoms with Gasteiger partial charge in [-0.3, -0.25) is 9.20 Å². The van der Waals surface area contributed by atoms with E-state index in [4.69, 9.17) is 27.6 Å². The van der Waals surface area contributed by atoms with Gasteiger partial charge in [-0.15, -0.1) is 10.2 Å². The quantitative estimate of drug-likeness (QED) is 0.353. The van der Waals surface area contributed by atoms with Gasteiger partial charge in [-0.2, -0.15) is 5.10 Å². The molecule has 3 aromatic heterocycles. The molecule has 4 heterocycles. The molecule has 0 N–H and O–H groups in total. The first-order valence-electron chi connectivity index (χ1n) is 9.82. The molecule has 0 fully saturated rings. The van der Waals surface area contributed by atoms with E-state index in [9.17, 15) is 4.79 Å². The third kappa shape index (κ3) is 4.01. The summed E-state index contributed by atoms with van der Waals surface area (Å²) in [6.07, 6.45) is 3.85. The van der Waals surface area contributed by atoms with Crippen LogP contribution in [0.15, 0.2) is 69.6 Å². The van der Waals surface area contributed by atoms with Crippen molar-refractivity contribution in [3.63, 3.8) is 0 Å². The zero-order chi connectivity index (χ0) is 22.2. The monoisotopic (exact) mass is 485 g/mol. The van der Waals surface area contributed by atoms with E-state index in [2.05, 4.69) is 15.3 Å². The Bertz CT molecular complexity index is 1320. The molecule has 0 spiro atoms. The van der Waals surface area contributed by atoms with Crippen LogP contribution >= 0.6 is 35.0 Å². The van der Waals surface area contributed by atoms with Crippen LogP contribution in [0.4, 0.5) is 0 Å². The van der Waals surface area contributed by atoms with Crippen LogP contribution < -0.4 is 0 Å². The highest BCUT2D eigenvalue weighted by atomic mass is 35.5. The molecule has 1 aliphatic rings. The Balaban J connectivity index is 1.39. The molecule has 1 unspecified atom stereocenters. The molecule has 162 valence electrons. The average Bonchev–Trinajstić information content (AvgIpc) is 3.52. The number of hydrogen-bond donors (Lipinski definition) is 0. The van der Waals surface area contributed by atoms with E-state index in [0.29, 0.717) is 33.0 Å². The highest BCUT2D eigenvalue weighted by Crippen LogP contribution is 2.34. The predicted molar refractivity (Wildman–Crippen MR) is 124 cm³/mol. The summed E-state index contributed by atoms with van der Waals surface area (Å²) in [5.74, 6) is 0.649. The van der Waals surface area contributed by atoms with Gasteiger partial charge >= 0.3 is 0 Å². The highest BCUT2D eigenvalue weighted by Gasteiger charge is 2.35. The van der Waals surface area contributed by atoms with Crippen molar-refractivity contribution in [1.29, 1.82) is 0 Å². The van der Waals surface area contributed by atoms with Gasteiger partial charge in [0.25, 0.3) is 5.91 Å². The van der Waals surface area contributed by atoms with Gasteiger partial charge in [0.15, 0.2) is 10.8 Å². The van der Waals surface area contributed by atoms with Crippen molar-refractivity contribution < 1.29 is 9.21 Å². The number of amides is 1. The van der Waals surface area contributed by atoms with Crippen molar-refractivity contribution in [3.8, 4) is 0 Å². The van der Waals surface area contributed by atoms with Crippen molar-refractivity contribution in [2.24, 2.45) is 5.10 Å². The summed E-state index contributed by atoms with van der Waals surface area (Å²) in [5.41, 5.74) is 3.49. The molecule has 10 heteroatoms. The van der Waals surface area contributed by atoms with Crippen LogP contribution in [0.25, 0.3) is 5.65 Å². The fraction of sp³-hybridized carbons (Fsp3) is 0.182. The maximum atomic E-state index is 13.2. The second-order valence-corrected chi connectivity index (χ2v) is 9.14. The number of aryl methyl sites for hydroxylation is 1. The Morgan fingerprint density at radius 2 is 2.03 bits per heavy atom. The van der Waals surface area contributed by atoms with Crippen molar-refractivity contribution >= 4 is 52.2 Å². The molecule has 1 aromatic carbocycles. The molecule has 4 aromatic rings. The minimum absolute atomic E-state index is 0.118. The molecule has 7 nitrogen and oxygen atoms in total. The summed E-state index contributed by atoms with van der Waals surface area (Å²) in [6, 6.07) is 13.1. The second kappa shape index (κ2) is 8.61. The Hall–Kier alpha value is -2.81. The van der Waals surface area contributed by atoms with Gasteiger partial charge in [0.1, 0.15) is 11.8 Å². The van der Waals surface area contributed by atoms with Crippen molar-refractivity contribution in [2.45, 2.75) is 24.5 Å². The van der Waals surface area contributed by atoms with Crippen molar-refractivity contribution in [1.82, 2.24) is 19.6 Å². The van der Waals surface area contributed by atoms with Gasteiger partial charge in [-0.25, -0.2) is 5.01 Å². The summed E-state index contributed by atoms with van der Waals surface area (Å²) in [4.78, 5) is 13.2. The lowest BCUT2D eigenvalue weighted by Crippen LogP contribution is -2.28. The van der Waals surface area contributed by atoms with Crippen LogP contribution in [0.2, 0.25) is 10.0 Å². The first-order valence-corrected chi connectivity index (χ1v) is 11.6. The number of furan rings is 1. The molecule has 0 saturated heterocycles. The fourth-order valence-electron chi connectivity index (χ4n) is 3.56. The third-order valence-corrected chi connectivity index (χ3v) is 6.55. The summed E-state index contributed by atoms with van der Waals surface area (Å²) in [5, 5.41) is 15.8. The topological polar surface area (TPSA) is 76.0 Å².